The number of carbonyl (C=O) groups is 1. The number of halogens is 1. The first-order valence-electron chi connectivity index (χ1n) is 10.1. The molecule has 9 heteroatoms. The Morgan fingerprint density at radius 2 is 2.13 bits per heavy atom. The van der Waals surface area contributed by atoms with Crippen LogP contribution in [0.5, 0.6) is 0 Å². The number of para-hydroxylation sites is 2. The van der Waals surface area contributed by atoms with Gasteiger partial charge in [-0.3, -0.25) is 14.7 Å². The van der Waals surface area contributed by atoms with Gasteiger partial charge in [-0.15, -0.1) is 0 Å². The molecule has 1 aliphatic rings. The Hall–Kier alpha value is -3.59. The Morgan fingerprint density at radius 3 is 2.90 bits per heavy atom. The maximum Gasteiger partial charge on any atom is 0.254 e. The molecule has 4 rings (SSSR count). The number of fused-ring (bicyclic) bond motifs is 1. The molecule has 1 fully saturated rings. The van der Waals surface area contributed by atoms with Crippen molar-refractivity contribution in [3.63, 3.8) is 0 Å². The molecule has 31 heavy (non-hydrogen) atoms. The molecule has 0 atom stereocenters. The number of likely N-dealkylation sites (tertiary alicyclic amines) is 1. The summed E-state index contributed by atoms with van der Waals surface area (Å²) in [7, 11) is 0. The molecular weight excluding hydrogens is 397 g/mol. The number of H-pyrrole nitrogens is 1. The average molecular weight is 421 g/mol. The van der Waals surface area contributed by atoms with E-state index in [4.69, 9.17) is 5.41 Å². The van der Waals surface area contributed by atoms with Crippen LogP contribution in [-0.4, -0.2) is 57.6 Å². The fourth-order valence-corrected chi connectivity index (χ4v) is 3.44. The third-order valence-electron chi connectivity index (χ3n) is 5.20. The van der Waals surface area contributed by atoms with Crippen LogP contribution in [0.15, 0.2) is 54.4 Å². The van der Waals surface area contributed by atoms with E-state index >= 15 is 0 Å². The second-order valence-electron chi connectivity index (χ2n) is 7.43. The second kappa shape index (κ2) is 9.48. The van der Waals surface area contributed by atoms with Crippen LogP contribution in [0.3, 0.4) is 0 Å². The zero-order chi connectivity index (χ0) is 21.6. The number of benzene rings is 1. The molecule has 2 aromatic heterocycles. The smallest absolute Gasteiger partial charge is 0.254 e. The minimum atomic E-state index is -0.474. The number of aromatic amines is 1. The Bertz CT molecular complexity index is 1070. The first kappa shape index (κ1) is 20.7. The lowest BCUT2D eigenvalue weighted by Gasteiger charge is -2.39. The number of rotatable bonds is 9. The maximum atomic E-state index is 13.6. The number of amides is 1. The quantitative estimate of drug-likeness (QED) is 0.311. The molecule has 1 aliphatic heterocycles. The molecule has 1 aromatic carbocycles. The number of pyridine rings is 1. The van der Waals surface area contributed by atoms with Gasteiger partial charge in [-0.2, -0.15) is 0 Å². The van der Waals surface area contributed by atoms with Gasteiger partial charge in [0, 0.05) is 44.7 Å². The Morgan fingerprint density at radius 1 is 1.29 bits per heavy atom. The summed E-state index contributed by atoms with van der Waals surface area (Å²) >= 11 is 0. The van der Waals surface area contributed by atoms with E-state index in [0.717, 1.165) is 49.1 Å². The van der Waals surface area contributed by atoms with E-state index < -0.39 is 11.7 Å². The van der Waals surface area contributed by atoms with Gasteiger partial charge >= 0.3 is 0 Å². The largest absolute Gasteiger partial charge is 0.385 e. The zero-order valence-electron chi connectivity index (χ0n) is 16.9. The summed E-state index contributed by atoms with van der Waals surface area (Å²) in [4.78, 5) is 26.4. The first-order chi connectivity index (χ1) is 15.1. The van der Waals surface area contributed by atoms with E-state index in [-0.39, 0.29) is 23.9 Å². The number of nitrogens with zero attached hydrogens (tertiary/aromatic N) is 3. The molecule has 1 saturated heterocycles. The standard InChI is InChI=1S/C22H24FN7O/c23-17-4-3-8-25-20(17)12-27-22(31)15(10-24)11-26-16-13-30(14-16)9-7-21-28-18-5-1-2-6-19(18)29-21/h1-6,8,10-11,16,24,26H,7,9,12-14H2,(H,27,31)(H,28,29)/b15-11+,24-10?. The highest BCUT2D eigenvalue weighted by molar-refractivity contribution is 6.11. The van der Waals surface area contributed by atoms with Gasteiger partial charge in [0.2, 0.25) is 0 Å². The van der Waals surface area contributed by atoms with Gasteiger partial charge in [-0.1, -0.05) is 12.1 Å². The highest BCUT2D eigenvalue weighted by Crippen LogP contribution is 2.13. The van der Waals surface area contributed by atoms with Crippen LogP contribution in [0.1, 0.15) is 11.5 Å². The third-order valence-corrected chi connectivity index (χ3v) is 5.20. The highest BCUT2D eigenvalue weighted by Gasteiger charge is 2.25. The van der Waals surface area contributed by atoms with Gasteiger partial charge in [0.25, 0.3) is 5.91 Å². The average Bonchev–Trinajstić information content (AvgIpc) is 3.17. The lowest BCUT2D eigenvalue weighted by molar-refractivity contribution is -0.117. The number of hydrogen-bond acceptors (Lipinski definition) is 6. The Balaban J connectivity index is 1.20. The van der Waals surface area contributed by atoms with E-state index in [1.165, 1.54) is 18.3 Å². The van der Waals surface area contributed by atoms with Crippen LogP contribution < -0.4 is 10.6 Å². The summed E-state index contributed by atoms with van der Waals surface area (Å²) in [6.07, 6.45) is 4.83. The summed E-state index contributed by atoms with van der Waals surface area (Å²) in [5.74, 6) is 0.0525. The van der Waals surface area contributed by atoms with Gasteiger partial charge in [0.1, 0.15) is 11.6 Å². The van der Waals surface area contributed by atoms with E-state index in [0.29, 0.717) is 0 Å². The number of imidazole rings is 1. The van der Waals surface area contributed by atoms with Crippen molar-refractivity contribution in [3.05, 3.63) is 71.7 Å². The molecule has 0 aliphatic carbocycles. The van der Waals surface area contributed by atoms with E-state index in [9.17, 15) is 9.18 Å². The second-order valence-corrected chi connectivity index (χ2v) is 7.43. The van der Waals surface area contributed by atoms with Crippen LogP contribution >= 0.6 is 0 Å². The molecular formula is C22H24FN7O. The minimum absolute atomic E-state index is 0.0321. The minimum Gasteiger partial charge on any atom is -0.385 e. The molecule has 3 aromatic rings. The van der Waals surface area contributed by atoms with Crippen molar-refractivity contribution in [2.75, 3.05) is 19.6 Å². The fourth-order valence-electron chi connectivity index (χ4n) is 3.44. The van der Waals surface area contributed by atoms with Crippen molar-refractivity contribution in [1.29, 1.82) is 5.41 Å². The van der Waals surface area contributed by atoms with Crippen molar-refractivity contribution >= 4 is 23.2 Å². The lowest BCUT2D eigenvalue weighted by Crippen LogP contribution is -2.57. The Kier molecular flexibility index (Phi) is 6.32. The SMILES string of the molecule is N=C/C(=C\NC1CN(CCc2nc3ccccc3[nH]2)C1)C(=O)NCc1ncccc1F. The first-order valence-corrected chi connectivity index (χ1v) is 10.1. The van der Waals surface area contributed by atoms with E-state index in [1.807, 2.05) is 24.3 Å². The monoisotopic (exact) mass is 421 g/mol. The summed E-state index contributed by atoms with van der Waals surface area (Å²) in [6, 6.07) is 11.0. The summed E-state index contributed by atoms with van der Waals surface area (Å²) in [5, 5.41) is 13.2. The molecule has 0 bridgehead atoms. The molecule has 4 N–H and O–H groups in total. The predicted molar refractivity (Wildman–Crippen MR) is 116 cm³/mol. The third kappa shape index (κ3) is 5.13. The van der Waals surface area contributed by atoms with Crippen LogP contribution in [0.25, 0.3) is 11.0 Å². The van der Waals surface area contributed by atoms with Gasteiger partial charge in [0.15, 0.2) is 0 Å². The molecule has 8 nitrogen and oxygen atoms in total. The molecule has 0 unspecified atom stereocenters. The summed E-state index contributed by atoms with van der Waals surface area (Å²) < 4.78 is 13.6. The van der Waals surface area contributed by atoms with Crippen molar-refractivity contribution < 1.29 is 9.18 Å². The van der Waals surface area contributed by atoms with Crippen LogP contribution in [0.4, 0.5) is 4.39 Å². The lowest BCUT2D eigenvalue weighted by atomic mass is 10.1. The van der Waals surface area contributed by atoms with Crippen molar-refractivity contribution in [3.8, 4) is 0 Å². The number of nitrogens with one attached hydrogen (secondary N) is 4. The van der Waals surface area contributed by atoms with E-state index in [2.05, 4.69) is 30.5 Å². The van der Waals surface area contributed by atoms with Crippen LogP contribution in [0, 0.1) is 11.2 Å². The number of carbonyl (C=O) groups excluding carboxylic acids is 1. The maximum absolute atomic E-state index is 13.6. The van der Waals surface area contributed by atoms with Crippen LogP contribution in [-0.2, 0) is 17.8 Å². The highest BCUT2D eigenvalue weighted by atomic mass is 19.1. The topological polar surface area (TPSA) is 110 Å². The predicted octanol–water partition coefficient (Wildman–Crippen LogP) is 1.76. The number of aromatic nitrogens is 3. The van der Waals surface area contributed by atoms with Crippen molar-refractivity contribution in [2.45, 2.75) is 19.0 Å². The van der Waals surface area contributed by atoms with Crippen LogP contribution in [0.2, 0.25) is 0 Å². The molecule has 0 spiro atoms. The summed E-state index contributed by atoms with van der Waals surface area (Å²) in [5.41, 5.74) is 2.37. The number of hydrogen-bond donors (Lipinski definition) is 4. The molecule has 1 amide bonds. The van der Waals surface area contributed by atoms with Gasteiger partial charge in [-0.25, -0.2) is 9.37 Å². The molecule has 0 saturated carbocycles. The fraction of sp³-hybridized carbons (Fsp3) is 0.273. The summed E-state index contributed by atoms with van der Waals surface area (Å²) in [6.45, 7) is 2.57. The van der Waals surface area contributed by atoms with Gasteiger partial charge in [-0.05, 0) is 24.3 Å². The van der Waals surface area contributed by atoms with Crippen molar-refractivity contribution in [2.24, 2.45) is 0 Å². The normalized spacial score (nSPS) is 14.9. The molecule has 160 valence electrons. The molecule has 0 radical (unpaired) electrons. The zero-order valence-corrected chi connectivity index (χ0v) is 16.9. The Labute approximate surface area is 179 Å². The van der Waals surface area contributed by atoms with Crippen molar-refractivity contribution in [1.82, 2.24) is 30.5 Å². The molecule has 3 heterocycles. The van der Waals surface area contributed by atoms with Gasteiger partial charge < -0.3 is 21.0 Å². The van der Waals surface area contributed by atoms with E-state index in [1.54, 1.807) is 6.20 Å². The van der Waals surface area contributed by atoms with Gasteiger partial charge in [0.05, 0.1) is 34.9 Å².